The summed E-state index contributed by atoms with van der Waals surface area (Å²) in [7, 11) is 2.10. The molecule has 1 spiro atoms. The van der Waals surface area contributed by atoms with Crippen molar-refractivity contribution in [1.29, 1.82) is 0 Å². The first-order chi connectivity index (χ1) is 12.0. The first-order valence-corrected chi connectivity index (χ1v) is 8.53. The number of nitrogen functional groups attached to an aromatic ring is 1. The lowest BCUT2D eigenvalue weighted by molar-refractivity contribution is 0.0971. The number of anilines is 3. The molecular formula is C17H23N7O. The van der Waals surface area contributed by atoms with Crippen molar-refractivity contribution >= 4 is 17.3 Å². The number of likely N-dealkylation sites (tertiary alicyclic amines) is 1. The highest BCUT2D eigenvalue weighted by molar-refractivity contribution is 5.58. The molecule has 1 atom stereocenters. The van der Waals surface area contributed by atoms with Crippen LogP contribution in [-0.4, -0.2) is 39.6 Å². The number of hydrogen-bond acceptors (Lipinski definition) is 7. The van der Waals surface area contributed by atoms with Crippen molar-refractivity contribution in [3.05, 3.63) is 40.1 Å². The molecule has 2 aliphatic rings. The maximum atomic E-state index is 13.2. The number of aryl methyl sites for hydroxylation is 1. The van der Waals surface area contributed by atoms with Gasteiger partial charge in [0.05, 0.1) is 0 Å². The summed E-state index contributed by atoms with van der Waals surface area (Å²) >= 11 is 0. The van der Waals surface area contributed by atoms with E-state index < -0.39 is 0 Å². The van der Waals surface area contributed by atoms with Gasteiger partial charge in [0.1, 0.15) is 29.3 Å². The molecule has 8 heteroatoms. The van der Waals surface area contributed by atoms with Crippen LogP contribution in [0, 0.1) is 6.92 Å². The van der Waals surface area contributed by atoms with Crippen molar-refractivity contribution in [1.82, 2.24) is 24.8 Å². The van der Waals surface area contributed by atoms with E-state index in [0.29, 0.717) is 17.3 Å². The maximum absolute atomic E-state index is 13.2. The third-order valence-corrected chi connectivity index (χ3v) is 5.15. The molecule has 0 aromatic carbocycles. The highest BCUT2D eigenvalue weighted by Crippen LogP contribution is 2.32. The molecule has 0 radical (unpaired) electrons. The number of hydrogen-bond donors (Lipinski definition) is 3. The predicted octanol–water partition coefficient (Wildman–Crippen LogP) is 0.754. The van der Waals surface area contributed by atoms with E-state index in [2.05, 4.69) is 32.5 Å². The van der Waals surface area contributed by atoms with Crippen molar-refractivity contribution in [2.24, 2.45) is 0 Å². The van der Waals surface area contributed by atoms with E-state index in [0.717, 1.165) is 43.7 Å². The summed E-state index contributed by atoms with van der Waals surface area (Å²) in [5.74, 6) is 0.882. The monoisotopic (exact) mass is 341 g/mol. The zero-order valence-corrected chi connectivity index (χ0v) is 14.5. The molecule has 0 amide bonds. The highest BCUT2D eigenvalue weighted by atomic mass is 16.1. The molecule has 25 heavy (non-hydrogen) atoms. The van der Waals surface area contributed by atoms with Gasteiger partial charge in [-0.1, -0.05) is 0 Å². The number of nitrogens with one attached hydrogen (secondary N) is 2. The average molecular weight is 341 g/mol. The van der Waals surface area contributed by atoms with Crippen molar-refractivity contribution in [3.63, 3.8) is 0 Å². The SMILES string of the molecule is Cc1cc(Nc2cc(N)ncn2)c(=O)n2c1CNC21CCCN(C)C1. The van der Waals surface area contributed by atoms with Crippen LogP contribution in [-0.2, 0) is 12.2 Å². The minimum atomic E-state index is -0.327. The minimum absolute atomic E-state index is 0.0296. The van der Waals surface area contributed by atoms with E-state index in [4.69, 9.17) is 5.73 Å². The Hall–Kier alpha value is -2.45. The first kappa shape index (κ1) is 16.0. The molecular weight excluding hydrogens is 318 g/mol. The Labute approximate surface area is 146 Å². The second-order valence-electron chi connectivity index (χ2n) is 7.01. The largest absolute Gasteiger partial charge is 0.384 e. The molecule has 8 nitrogen and oxygen atoms in total. The molecule has 132 valence electrons. The van der Waals surface area contributed by atoms with Crippen LogP contribution in [0.3, 0.4) is 0 Å². The Morgan fingerprint density at radius 2 is 2.20 bits per heavy atom. The van der Waals surface area contributed by atoms with Gasteiger partial charge in [0, 0.05) is 24.8 Å². The van der Waals surface area contributed by atoms with Gasteiger partial charge < -0.3 is 16.0 Å². The van der Waals surface area contributed by atoms with Gasteiger partial charge in [0.15, 0.2) is 0 Å². The smallest absolute Gasteiger partial charge is 0.276 e. The molecule has 0 saturated carbocycles. The molecule has 4 heterocycles. The normalized spacial score (nSPS) is 23.0. The minimum Gasteiger partial charge on any atom is -0.384 e. The first-order valence-electron chi connectivity index (χ1n) is 8.53. The number of nitrogens with two attached hydrogens (primary N) is 1. The molecule has 1 unspecified atom stereocenters. The zero-order chi connectivity index (χ0) is 17.6. The molecule has 4 rings (SSSR count). The van der Waals surface area contributed by atoms with Crippen LogP contribution in [0.4, 0.5) is 17.3 Å². The molecule has 0 aliphatic carbocycles. The van der Waals surface area contributed by atoms with E-state index in [1.54, 1.807) is 6.07 Å². The predicted molar refractivity (Wildman–Crippen MR) is 96.7 cm³/mol. The van der Waals surface area contributed by atoms with E-state index in [-0.39, 0.29) is 11.2 Å². The van der Waals surface area contributed by atoms with Gasteiger partial charge in [-0.25, -0.2) is 9.97 Å². The molecule has 2 aromatic heterocycles. The third-order valence-electron chi connectivity index (χ3n) is 5.15. The molecule has 2 aliphatic heterocycles. The topological polar surface area (TPSA) is 101 Å². The van der Waals surface area contributed by atoms with Gasteiger partial charge >= 0.3 is 0 Å². The summed E-state index contributed by atoms with van der Waals surface area (Å²) in [4.78, 5) is 23.6. The average Bonchev–Trinajstić information content (AvgIpc) is 2.91. The maximum Gasteiger partial charge on any atom is 0.276 e. The van der Waals surface area contributed by atoms with Crippen molar-refractivity contribution in [3.8, 4) is 0 Å². The molecule has 1 fully saturated rings. The van der Waals surface area contributed by atoms with Crippen LogP contribution in [0.15, 0.2) is 23.3 Å². The number of nitrogens with zero attached hydrogens (tertiary/aromatic N) is 4. The Morgan fingerprint density at radius 1 is 1.36 bits per heavy atom. The molecule has 1 saturated heterocycles. The Morgan fingerprint density at radius 3 is 2.96 bits per heavy atom. The fraction of sp³-hybridized carbons (Fsp3) is 0.471. The number of piperidine rings is 1. The van der Waals surface area contributed by atoms with Crippen LogP contribution in [0.5, 0.6) is 0 Å². The summed E-state index contributed by atoms with van der Waals surface area (Å²) in [5, 5.41) is 6.71. The number of pyridine rings is 1. The molecule has 2 aromatic rings. The van der Waals surface area contributed by atoms with Crippen LogP contribution in [0.2, 0.25) is 0 Å². The molecule has 0 bridgehead atoms. The van der Waals surface area contributed by atoms with Gasteiger partial charge in [-0.3, -0.25) is 14.7 Å². The fourth-order valence-electron chi connectivity index (χ4n) is 4.02. The van der Waals surface area contributed by atoms with Crippen molar-refractivity contribution < 1.29 is 0 Å². The Balaban J connectivity index is 1.79. The van der Waals surface area contributed by atoms with Crippen LogP contribution < -0.4 is 21.9 Å². The van der Waals surface area contributed by atoms with E-state index in [9.17, 15) is 4.79 Å². The van der Waals surface area contributed by atoms with Gasteiger partial charge in [0.25, 0.3) is 5.56 Å². The standard InChI is InChI=1S/C17H23N7O/c1-11-6-12(22-15-7-14(18)19-10-20-15)16(25)24-13(11)8-21-17(24)4-3-5-23(2)9-17/h6-7,10,21H,3-5,8-9H2,1-2H3,(H3,18,19,20,22). The Bertz CT molecular complexity index is 878. The summed E-state index contributed by atoms with van der Waals surface area (Å²) < 4.78 is 1.95. The summed E-state index contributed by atoms with van der Waals surface area (Å²) in [5.41, 5.74) is 8.01. The molecule has 4 N–H and O–H groups in total. The van der Waals surface area contributed by atoms with E-state index in [1.807, 2.05) is 17.6 Å². The number of rotatable bonds is 2. The van der Waals surface area contributed by atoms with E-state index >= 15 is 0 Å². The van der Waals surface area contributed by atoms with Crippen molar-refractivity contribution in [2.75, 3.05) is 31.2 Å². The second kappa shape index (κ2) is 5.82. The summed E-state index contributed by atoms with van der Waals surface area (Å²) in [6.07, 6.45) is 3.40. The van der Waals surface area contributed by atoms with Crippen molar-refractivity contribution in [2.45, 2.75) is 32.0 Å². The summed E-state index contributed by atoms with van der Waals surface area (Å²) in [6.45, 7) is 4.64. The number of likely N-dealkylation sites (N-methyl/N-ethyl adjacent to an activating group) is 1. The number of aromatic nitrogens is 3. The van der Waals surface area contributed by atoms with Crippen LogP contribution in [0.1, 0.15) is 24.1 Å². The van der Waals surface area contributed by atoms with Crippen LogP contribution >= 0.6 is 0 Å². The van der Waals surface area contributed by atoms with Gasteiger partial charge in [0.2, 0.25) is 0 Å². The Kier molecular flexibility index (Phi) is 3.73. The van der Waals surface area contributed by atoms with Gasteiger partial charge in [-0.15, -0.1) is 0 Å². The van der Waals surface area contributed by atoms with Gasteiger partial charge in [-0.05, 0) is 45.0 Å². The second-order valence-corrected chi connectivity index (χ2v) is 7.01. The lowest BCUT2D eigenvalue weighted by Crippen LogP contribution is -2.56. The zero-order valence-electron chi connectivity index (χ0n) is 14.5. The van der Waals surface area contributed by atoms with Crippen LogP contribution in [0.25, 0.3) is 0 Å². The van der Waals surface area contributed by atoms with E-state index in [1.165, 1.54) is 6.33 Å². The summed E-state index contributed by atoms with van der Waals surface area (Å²) in [6, 6.07) is 3.51. The lowest BCUT2D eigenvalue weighted by Gasteiger charge is -2.40. The third kappa shape index (κ3) is 2.67. The highest BCUT2D eigenvalue weighted by Gasteiger charge is 2.42. The lowest BCUT2D eigenvalue weighted by atomic mass is 9.98. The fourth-order valence-corrected chi connectivity index (χ4v) is 4.02. The number of fused-ring (bicyclic) bond motifs is 2. The van der Waals surface area contributed by atoms with Gasteiger partial charge in [-0.2, -0.15) is 0 Å². The quantitative estimate of drug-likeness (QED) is 0.741.